The van der Waals surface area contributed by atoms with E-state index in [0.717, 1.165) is 10.5 Å². The lowest BCUT2D eigenvalue weighted by molar-refractivity contribution is -0.130. The summed E-state index contributed by atoms with van der Waals surface area (Å²) in [4.78, 5) is 38.5. The molecule has 1 unspecified atom stereocenters. The van der Waals surface area contributed by atoms with Gasteiger partial charge in [0, 0.05) is 17.3 Å². The van der Waals surface area contributed by atoms with Crippen LogP contribution in [0, 0.1) is 12.8 Å². The van der Waals surface area contributed by atoms with E-state index in [2.05, 4.69) is 10.6 Å². The number of nitrogens with zero attached hydrogens (tertiary/aromatic N) is 1. The number of benzene rings is 2. The summed E-state index contributed by atoms with van der Waals surface area (Å²) in [5, 5.41) is 5.76. The first-order valence-corrected chi connectivity index (χ1v) is 8.61. The minimum absolute atomic E-state index is 0.0737. The third-order valence-corrected chi connectivity index (χ3v) is 4.67. The third kappa shape index (κ3) is 3.88. The molecule has 3 rings (SSSR count). The number of ether oxygens (including phenoxy) is 1. The monoisotopic (exact) mass is 387 g/mol. The Hall–Kier alpha value is -3.06. The number of aryl methyl sites for hydroxylation is 1. The highest BCUT2D eigenvalue weighted by atomic mass is 35.5. The van der Waals surface area contributed by atoms with E-state index in [-0.39, 0.29) is 6.54 Å². The van der Waals surface area contributed by atoms with Gasteiger partial charge in [0.25, 0.3) is 0 Å². The van der Waals surface area contributed by atoms with Crippen LogP contribution in [0.25, 0.3) is 0 Å². The number of halogens is 1. The third-order valence-electron chi connectivity index (χ3n) is 4.27. The van der Waals surface area contributed by atoms with Gasteiger partial charge in [-0.3, -0.25) is 9.59 Å². The predicted molar refractivity (Wildman–Crippen MR) is 102 cm³/mol. The largest absolute Gasteiger partial charge is 0.497 e. The maximum atomic E-state index is 12.8. The highest BCUT2D eigenvalue weighted by molar-refractivity contribution is 6.31. The molecule has 1 aliphatic rings. The molecular formula is C19H18ClN3O4. The van der Waals surface area contributed by atoms with Crippen LogP contribution in [0.4, 0.5) is 16.2 Å². The number of amides is 4. The molecule has 8 heteroatoms. The van der Waals surface area contributed by atoms with E-state index in [4.69, 9.17) is 16.3 Å². The summed E-state index contributed by atoms with van der Waals surface area (Å²) < 4.78 is 5.08. The molecule has 0 radical (unpaired) electrons. The fourth-order valence-electron chi connectivity index (χ4n) is 2.69. The molecule has 4 amide bonds. The number of hydrogen-bond acceptors (Lipinski definition) is 4. The number of anilines is 2. The van der Waals surface area contributed by atoms with Crippen LogP contribution in [0.3, 0.4) is 0 Å². The zero-order chi connectivity index (χ0) is 19.6. The van der Waals surface area contributed by atoms with Crippen LogP contribution in [0.5, 0.6) is 5.75 Å². The molecule has 1 heterocycles. The van der Waals surface area contributed by atoms with Crippen molar-refractivity contribution in [3.8, 4) is 5.75 Å². The van der Waals surface area contributed by atoms with Crippen molar-refractivity contribution in [2.24, 2.45) is 5.92 Å². The lowest BCUT2D eigenvalue weighted by Gasteiger charge is -2.30. The van der Waals surface area contributed by atoms with E-state index >= 15 is 0 Å². The Morgan fingerprint density at radius 3 is 2.56 bits per heavy atom. The molecule has 1 aliphatic heterocycles. The zero-order valence-corrected chi connectivity index (χ0v) is 15.5. The average Bonchev–Trinajstić information content (AvgIpc) is 2.65. The molecule has 27 heavy (non-hydrogen) atoms. The Labute approximate surface area is 161 Å². The van der Waals surface area contributed by atoms with Crippen molar-refractivity contribution in [3.63, 3.8) is 0 Å². The van der Waals surface area contributed by atoms with Gasteiger partial charge in [0.15, 0.2) is 0 Å². The minimum atomic E-state index is -1.05. The van der Waals surface area contributed by atoms with Gasteiger partial charge in [0.1, 0.15) is 11.7 Å². The van der Waals surface area contributed by atoms with Crippen molar-refractivity contribution in [2.45, 2.75) is 6.92 Å². The molecule has 2 N–H and O–H groups in total. The van der Waals surface area contributed by atoms with Gasteiger partial charge in [0.2, 0.25) is 11.8 Å². The predicted octanol–water partition coefficient (Wildman–Crippen LogP) is 2.97. The van der Waals surface area contributed by atoms with Gasteiger partial charge in [-0.15, -0.1) is 0 Å². The molecule has 1 fully saturated rings. The summed E-state index contributed by atoms with van der Waals surface area (Å²) in [7, 11) is 1.52. The first kappa shape index (κ1) is 18.7. The lowest BCUT2D eigenvalue weighted by atomic mass is 10.0. The average molecular weight is 388 g/mol. The van der Waals surface area contributed by atoms with E-state index in [1.165, 1.54) is 7.11 Å². The summed E-state index contributed by atoms with van der Waals surface area (Å²) in [6.45, 7) is 1.77. The van der Waals surface area contributed by atoms with Crippen LogP contribution >= 0.6 is 11.6 Å². The number of rotatable bonds is 4. The van der Waals surface area contributed by atoms with Crippen LogP contribution in [0.15, 0.2) is 42.5 Å². The standard InChI is InChI=1S/C19H18ClN3O4/c1-11-3-4-12(9-16(11)20)22-17(24)15-10-21-19(26)23(18(15)25)13-5-7-14(27-2)8-6-13/h3-9,15H,10H2,1-2H3,(H,21,26)(H,22,24). The summed E-state index contributed by atoms with van der Waals surface area (Å²) in [5.41, 5.74) is 1.71. The van der Waals surface area contributed by atoms with Crippen molar-refractivity contribution >= 4 is 40.8 Å². The van der Waals surface area contributed by atoms with Gasteiger partial charge < -0.3 is 15.4 Å². The van der Waals surface area contributed by atoms with E-state index in [0.29, 0.717) is 22.1 Å². The van der Waals surface area contributed by atoms with Crippen LogP contribution in [-0.2, 0) is 9.59 Å². The van der Waals surface area contributed by atoms with E-state index < -0.39 is 23.8 Å². The van der Waals surface area contributed by atoms with Crippen molar-refractivity contribution in [2.75, 3.05) is 23.9 Å². The number of urea groups is 1. The van der Waals surface area contributed by atoms with Gasteiger partial charge >= 0.3 is 6.03 Å². The van der Waals surface area contributed by atoms with Crippen LogP contribution in [-0.4, -0.2) is 31.5 Å². The second-order valence-electron chi connectivity index (χ2n) is 6.06. The van der Waals surface area contributed by atoms with Gasteiger partial charge in [-0.05, 0) is 48.9 Å². The Morgan fingerprint density at radius 2 is 1.93 bits per heavy atom. The topological polar surface area (TPSA) is 87.7 Å². The molecule has 7 nitrogen and oxygen atoms in total. The molecule has 0 bridgehead atoms. The summed E-state index contributed by atoms with van der Waals surface area (Å²) >= 11 is 6.07. The lowest BCUT2D eigenvalue weighted by Crippen LogP contribution is -2.58. The highest BCUT2D eigenvalue weighted by Gasteiger charge is 2.39. The Morgan fingerprint density at radius 1 is 1.22 bits per heavy atom. The second kappa shape index (κ2) is 7.67. The summed E-state index contributed by atoms with van der Waals surface area (Å²) in [6.07, 6.45) is 0. The van der Waals surface area contributed by atoms with Gasteiger partial charge in [-0.25, -0.2) is 9.69 Å². The first-order chi connectivity index (χ1) is 12.9. The Bertz CT molecular complexity index is 898. The molecule has 140 valence electrons. The number of hydrogen-bond donors (Lipinski definition) is 2. The molecule has 0 aromatic heterocycles. The van der Waals surface area contributed by atoms with Crippen molar-refractivity contribution in [1.29, 1.82) is 0 Å². The summed E-state index contributed by atoms with van der Waals surface area (Å²) in [5.74, 6) is -1.57. The maximum absolute atomic E-state index is 12.8. The van der Waals surface area contributed by atoms with Crippen LogP contribution in [0.2, 0.25) is 5.02 Å². The first-order valence-electron chi connectivity index (χ1n) is 8.23. The van der Waals surface area contributed by atoms with Gasteiger partial charge in [-0.1, -0.05) is 17.7 Å². The smallest absolute Gasteiger partial charge is 0.328 e. The number of carbonyl (C=O) groups excluding carboxylic acids is 3. The number of methoxy groups -OCH3 is 1. The van der Waals surface area contributed by atoms with E-state index in [9.17, 15) is 14.4 Å². The number of carbonyl (C=O) groups is 3. The highest BCUT2D eigenvalue weighted by Crippen LogP contribution is 2.24. The van der Waals surface area contributed by atoms with Crippen molar-refractivity contribution < 1.29 is 19.1 Å². The summed E-state index contributed by atoms with van der Waals surface area (Å²) in [6, 6.07) is 10.9. The Balaban J connectivity index is 1.79. The van der Waals surface area contributed by atoms with Crippen LogP contribution in [0.1, 0.15) is 5.56 Å². The molecule has 1 saturated heterocycles. The Kier molecular flexibility index (Phi) is 5.32. The SMILES string of the molecule is COc1ccc(N2C(=O)NCC(C(=O)Nc3ccc(C)c(Cl)c3)C2=O)cc1. The number of imide groups is 1. The molecule has 0 saturated carbocycles. The van der Waals surface area contributed by atoms with E-state index in [1.54, 1.807) is 42.5 Å². The van der Waals surface area contributed by atoms with E-state index in [1.807, 2.05) is 6.92 Å². The molecule has 0 spiro atoms. The van der Waals surface area contributed by atoms with Gasteiger partial charge in [0.05, 0.1) is 12.8 Å². The molecule has 2 aromatic carbocycles. The quantitative estimate of drug-likeness (QED) is 0.789. The van der Waals surface area contributed by atoms with Gasteiger partial charge in [-0.2, -0.15) is 0 Å². The molecule has 0 aliphatic carbocycles. The second-order valence-corrected chi connectivity index (χ2v) is 6.47. The van der Waals surface area contributed by atoms with Crippen LogP contribution < -0.4 is 20.3 Å². The molecule has 1 atom stereocenters. The molecular weight excluding hydrogens is 370 g/mol. The minimum Gasteiger partial charge on any atom is -0.497 e. The van der Waals surface area contributed by atoms with Crippen molar-refractivity contribution in [1.82, 2.24) is 5.32 Å². The maximum Gasteiger partial charge on any atom is 0.328 e. The normalized spacial score (nSPS) is 16.7. The fraction of sp³-hybridized carbons (Fsp3) is 0.211. The number of nitrogens with one attached hydrogen (secondary N) is 2. The molecule has 2 aromatic rings. The zero-order valence-electron chi connectivity index (χ0n) is 14.8. The fourth-order valence-corrected chi connectivity index (χ4v) is 2.87. The van der Waals surface area contributed by atoms with Crippen molar-refractivity contribution in [3.05, 3.63) is 53.1 Å².